The molecule has 2 N–H and O–H groups in total. The molecule has 0 aliphatic carbocycles. The van der Waals surface area contributed by atoms with Gasteiger partial charge in [0.1, 0.15) is 4.34 Å². The zero-order chi connectivity index (χ0) is 12.0. The molecule has 0 amide bonds. The first-order valence-corrected chi connectivity index (χ1v) is 7.27. The predicted octanol–water partition coefficient (Wildman–Crippen LogP) is 2.37. The summed E-state index contributed by atoms with van der Waals surface area (Å²) in [6.45, 7) is 7.36. The number of likely N-dealkylation sites (N-methyl/N-ethyl adjacent to an activating group) is 1. The van der Waals surface area contributed by atoms with Gasteiger partial charge in [0.05, 0.1) is 6.61 Å². The Kier molecular flexibility index (Phi) is 5.75. The number of rotatable bonds is 7. The third kappa shape index (κ3) is 4.41. The van der Waals surface area contributed by atoms with E-state index in [0.29, 0.717) is 5.25 Å². The number of thioether (sulfide) groups is 1. The molecule has 0 aliphatic rings. The molecule has 0 fully saturated rings. The molecule has 1 heterocycles. The summed E-state index contributed by atoms with van der Waals surface area (Å²) in [7, 11) is 0. The highest BCUT2D eigenvalue weighted by molar-refractivity contribution is 8.01. The molecule has 16 heavy (non-hydrogen) atoms. The maximum atomic E-state index is 9.41. The van der Waals surface area contributed by atoms with Crippen LogP contribution in [0.15, 0.2) is 15.9 Å². The lowest BCUT2D eigenvalue weighted by atomic mass is 9.97. The van der Waals surface area contributed by atoms with E-state index >= 15 is 0 Å². The van der Waals surface area contributed by atoms with Crippen LogP contribution in [-0.4, -0.2) is 34.0 Å². The monoisotopic (exact) mass is 260 g/mol. The molecular weight excluding hydrogens is 240 g/mol. The van der Waals surface area contributed by atoms with Crippen molar-refractivity contribution in [1.82, 2.24) is 10.3 Å². The van der Waals surface area contributed by atoms with E-state index in [1.807, 2.05) is 11.6 Å². The number of aromatic nitrogens is 1. The van der Waals surface area contributed by atoms with Gasteiger partial charge in [-0.1, -0.05) is 25.6 Å². The molecule has 2 unspecified atom stereocenters. The Morgan fingerprint density at radius 3 is 2.94 bits per heavy atom. The number of thiazole rings is 1. The van der Waals surface area contributed by atoms with Crippen LogP contribution in [0.25, 0.3) is 0 Å². The highest BCUT2D eigenvalue weighted by Crippen LogP contribution is 2.29. The minimum Gasteiger partial charge on any atom is -0.394 e. The van der Waals surface area contributed by atoms with Crippen molar-refractivity contribution < 1.29 is 5.11 Å². The largest absolute Gasteiger partial charge is 0.394 e. The SMILES string of the molecule is CCNC(C)(CO)CC(C)Sc1nccs1. The van der Waals surface area contributed by atoms with Crippen molar-refractivity contribution in [2.75, 3.05) is 13.2 Å². The Balaban J connectivity index is 2.45. The Bertz CT molecular complexity index is 292. The summed E-state index contributed by atoms with van der Waals surface area (Å²) in [5.74, 6) is 0. The van der Waals surface area contributed by atoms with Crippen LogP contribution in [0.5, 0.6) is 0 Å². The zero-order valence-corrected chi connectivity index (χ0v) is 11.7. The summed E-state index contributed by atoms with van der Waals surface area (Å²) in [6, 6.07) is 0. The summed E-state index contributed by atoms with van der Waals surface area (Å²) in [4.78, 5) is 4.26. The van der Waals surface area contributed by atoms with Crippen LogP contribution in [0, 0.1) is 0 Å². The van der Waals surface area contributed by atoms with E-state index in [-0.39, 0.29) is 12.1 Å². The molecule has 2 atom stereocenters. The highest BCUT2D eigenvalue weighted by atomic mass is 32.2. The van der Waals surface area contributed by atoms with E-state index in [1.54, 1.807) is 23.1 Å². The zero-order valence-electron chi connectivity index (χ0n) is 10.1. The van der Waals surface area contributed by atoms with Gasteiger partial charge >= 0.3 is 0 Å². The van der Waals surface area contributed by atoms with Gasteiger partial charge in [0.2, 0.25) is 0 Å². The van der Waals surface area contributed by atoms with Crippen LogP contribution in [0.4, 0.5) is 0 Å². The summed E-state index contributed by atoms with van der Waals surface area (Å²) in [5.41, 5.74) is -0.182. The van der Waals surface area contributed by atoms with Gasteiger partial charge < -0.3 is 10.4 Å². The summed E-state index contributed by atoms with van der Waals surface area (Å²) in [6.07, 6.45) is 2.76. The van der Waals surface area contributed by atoms with Gasteiger partial charge in [0, 0.05) is 22.4 Å². The van der Waals surface area contributed by atoms with Gasteiger partial charge in [-0.05, 0) is 19.9 Å². The molecule has 1 aromatic rings. The van der Waals surface area contributed by atoms with E-state index in [0.717, 1.165) is 17.3 Å². The first-order valence-electron chi connectivity index (χ1n) is 5.51. The smallest absolute Gasteiger partial charge is 0.150 e. The van der Waals surface area contributed by atoms with Crippen molar-refractivity contribution in [2.24, 2.45) is 0 Å². The number of hydrogen-bond acceptors (Lipinski definition) is 5. The predicted molar refractivity (Wildman–Crippen MR) is 71.2 cm³/mol. The molecule has 92 valence electrons. The minimum atomic E-state index is -0.182. The molecule has 0 aromatic carbocycles. The maximum Gasteiger partial charge on any atom is 0.150 e. The number of hydrogen-bond donors (Lipinski definition) is 2. The fraction of sp³-hybridized carbons (Fsp3) is 0.727. The highest BCUT2D eigenvalue weighted by Gasteiger charge is 2.25. The second-order valence-electron chi connectivity index (χ2n) is 4.18. The van der Waals surface area contributed by atoms with E-state index < -0.39 is 0 Å². The molecule has 1 aromatic heterocycles. The quantitative estimate of drug-likeness (QED) is 0.739. The third-order valence-corrected chi connectivity index (χ3v) is 4.42. The second-order valence-corrected chi connectivity index (χ2v) is 6.76. The number of nitrogens with one attached hydrogen (secondary N) is 1. The molecule has 0 radical (unpaired) electrons. The molecular formula is C11H20N2OS2. The molecule has 0 spiro atoms. The van der Waals surface area contributed by atoms with Crippen LogP contribution >= 0.6 is 23.1 Å². The van der Waals surface area contributed by atoms with Crippen molar-refractivity contribution in [2.45, 2.75) is 42.3 Å². The summed E-state index contributed by atoms with van der Waals surface area (Å²) >= 11 is 3.44. The van der Waals surface area contributed by atoms with Crippen LogP contribution in [-0.2, 0) is 0 Å². The van der Waals surface area contributed by atoms with Crippen molar-refractivity contribution in [1.29, 1.82) is 0 Å². The first kappa shape index (κ1) is 14.0. The Morgan fingerprint density at radius 2 is 2.44 bits per heavy atom. The first-order chi connectivity index (χ1) is 7.59. The summed E-state index contributed by atoms with van der Waals surface area (Å²) < 4.78 is 1.10. The standard InChI is InChI=1S/C11H20N2OS2/c1-4-13-11(3,8-14)7-9(2)16-10-12-5-6-15-10/h5-6,9,13-14H,4,7-8H2,1-3H3. The lowest BCUT2D eigenvalue weighted by Gasteiger charge is -2.30. The maximum absolute atomic E-state index is 9.41. The topological polar surface area (TPSA) is 45.1 Å². The van der Waals surface area contributed by atoms with Crippen molar-refractivity contribution in [3.63, 3.8) is 0 Å². The Hall–Kier alpha value is -0.100. The number of aliphatic hydroxyl groups excluding tert-OH is 1. The molecule has 1 rings (SSSR count). The third-order valence-electron chi connectivity index (χ3n) is 2.40. The molecule has 0 aliphatic heterocycles. The van der Waals surface area contributed by atoms with Gasteiger partial charge in [-0.3, -0.25) is 0 Å². The molecule has 0 saturated heterocycles. The van der Waals surface area contributed by atoms with Gasteiger partial charge in [0.15, 0.2) is 0 Å². The fourth-order valence-corrected chi connectivity index (χ4v) is 3.89. The van der Waals surface area contributed by atoms with Gasteiger partial charge in [0.25, 0.3) is 0 Å². The number of aliphatic hydroxyl groups is 1. The average Bonchev–Trinajstić information content (AvgIpc) is 2.70. The van der Waals surface area contributed by atoms with Crippen molar-refractivity contribution in [3.8, 4) is 0 Å². The minimum absolute atomic E-state index is 0.170. The summed E-state index contributed by atoms with van der Waals surface area (Å²) in [5, 5.41) is 15.2. The van der Waals surface area contributed by atoms with Crippen LogP contribution in [0.1, 0.15) is 27.2 Å². The van der Waals surface area contributed by atoms with Crippen LogP contribution in [0.2, 0.25) is 0 Å². The van der Waals surface area contributed by atoms with E-state index in [2.05, 4.69) is 31.1 Å². The lowest BCUT2D eigenvalue weighted by molar-refractivity contribution is 0.168. The van der Waals surface area contributed by atoms with E-state index in [4.69, 9.17) is 0 Å². The van der Waals surface area contributed by atoms with Gasteiger partial charge in [-0.2, -0.15) is 0 Å². The average molecular weight is 260 g/mol. The van der Waals surface area contributed by atoms with Crippen LogP contribution in [0.3, 0.4) is 0 Å². The molecule has 3 nitrogen and oxygen atoms in total. The molecule has 5 heteroatoms. The van der Waals surface area contributed by atoms with Gasteiger partial charge in [-0.25, -0.2) is 4.98 Å². The lowest BCUT2D eigenvalue weighted by Crippen LogP contribution is -2.47. The van der Waals surface area contributed by atoms with Crippen molar-refractivity contribution in [3.05, 3.63) is 11.6 Å². The number of nitrogens with zero attached hydrogens (tertiary/aromatic N) is 1. The Morgan fingerprint density at radius 1 is 1.69 bits per heavy atom. The molecule has 0 saturated carbocycles. The van der Waals surface area contributed by atoms with Crippen molar-refractivity contribution >= 4 is 23.1 Å². The van der Waals surface area contributed by atoms with E-state index in [1.165, 1.54) is 0 Å². The second kappa shape index (κ2) is 6.59. The fourth-order valence-electron chi connectivity index (χ4n) is 1.74. The Labute approximate surface area is 106 Å². The van der Waals surface area contributed by atoms with E-state index in [9.17, 15) is 5.11 Å². The van der Waals surface area contributed by atoms with Gasteiger partial charge in [-0.15, -0.1) is 11.3 Å². The normalized spacial score (nSPS) is 17.0. The molecule has 0 bridgehead atoms. The van der Waals surface area contributed by atoms with Crippen LogP contribution < -0.4 is 5.32 Å².